The fourth-order valence-corrected chi connectivity index (χ4v) is 7.38. The first-order valence-corrected chi connectivity index (χ1v) is 19.7. The molecule has 1 aliphatic heterocycles. The van der Waals surface area contributed by atoms with Gasteiger partial charge in [-0.05, 0) is 23.7 Å². The van der Waals surface area contributed by atoms with Gasteiger partial charge in [0, 0.05) is 60.9 Å². The highest BCUT2D eigenvalue weighted by Gasteiger charge is 2.42. The molecule has 0 fully saturated rings. The minimum absolute atomic E-state index is 0.0550. The number of hydrogen-bond acceptors (Lipinski definition) is 4. The average molecular weight is 630 g/mol. The Bertz CT molecular complexity index is 2010. The standard InChI is InChI=1S/C38H39N3O4Si/c1-46(2,3)20-19-45-25-39-23-31(29-13-7-9-15-33(29)39)35-36(38(44)41(37(35)43)22-26-11-5-4-6-12-26)32-24-40(27-17-18-28(42)21-27)34-16-10-8-14-30(32)34/h4-18,23-24,27-28,42H,19-22,25H2,1-3H3/t27-,28+/m1/s1. The molecule has 0 saturated carbocycles. The number of carbonyl (C=O) groups excluding carboxylic acids is 2. The van der Waals surface area contributed by atoms with Crippen molar-refractivity contribution in [2.24, 2.45) is 0 Å². The summed E-state index contributed by atoms with van der Waals surface area (Å²) in [6, 6.07) is 26.6. The molecule has 5 aromatic rings. The predicted molar refractivity (Wildman–Crippen MR) is 186 cm³/mol. The van der Waals surface area contributed by atoms with Crippen LogP contribution in [0.4, 0.5) is 0 Å². The number of para-hydroxylation sites is 2. The normalized spacial score (nSPS) is 18.7. The minimum atomic E-state index is -1.25. The van der Waals surface area contributed by atoms with Crippen molar-refractivity contribution in [1.82, 2.24) is 14.0 Å². The van der Waals surface area contributed by atoms with E-state index in [1.54, 1.807) is 0 Å². The summed E-state index contributed by atoms with van der Waals surface area (Å²) in [5.74, 6) is -0.614. The lowest BCUT2D eigenvalue weighted by Crippen LogP contribution is -2.30. The zero-order valence-corrected chi connectivity index (χ0v) is 27.5. The van der Waals surface area contributed by atoms with Crippen molar-refractivity contribution >= 4 is 52.8 Å². The van der Waals surface area contributed by atoms with Crippen LogP contribution in [-0.2, 0) is 27.6 Å². The number of aliphatic hydroxyl groups is 1. The second-order valence-corrected chi connectivity index (χ2v) is 19.2. The third-order valence-corrected chi connectivity index (χ3v) is 10.7. The number of hydrogen-bond donors (Lipinski definition) is 1. The topological polar surface area (TPSA) is 76.7 Å². The highest BCUT2D eigenvalue weighted by atomic mass is 28.3. The third-order valence-electron chi connectivity index (χ3n) is 9.04. The molecule has 2 aliphatic rings. The quantitative estimate of drug-likeness (QED) is 0.0764. The Hall–Kier alpha value is -4.50. The van der Waals surface area contributed by atoms with E-state index < -0.39 is 14.2 Å². The van der Waals surface area contributed by atoms with E-state index in [1.165, 1.54) is 4.90 Å². The van der Waals surface area contributed by atoms with Crippen LogP contribution in [-0.4, -0.2) is 51.7 Å². The molecule has 0 saturated heterocycles. The smallest absolute Gasteiger partial charge is 0.262 e. The van der Waals surface area contributed by atoms with Gasteiger partial charge in [0.1, 0.15) is 6.73 Å². The fourth-order valence-electron chi connectivity index (χ4n) is 6.63. The molecule has 234 valence electrons. The van der Waals surface area contributed by atoms with Crippen LogP contribution >= 0.6 is 0 Å². The Morgan fingerprint density at radius 2 is 1.39 bits per heavy atom. The zero-order valence-electron chi connectivity index (χ0n) is 26.5. The SMILES string of the molecule is C[Si](C)(C)CCOCn1cc(C2=C(c3cn([C@@H]4C=C[C@H](O)C4)c4ccccc34)C(=O)N(Cc3ccccc3)C2=O)c2ccccc21. The Kier molecular flexibility index (Phi) is 7.88. The van der Waals surface area contributed by atoms with Crippen LogP contribution in [0.25, 0.3) is 33.0 Å². The lowest BCUT2D eigenvalue weighted by Gasteiger charge is -2.15. The molecule has 7 rings (SSSR count). The summed E-state index contributed by atoms with van der Waals surface area (Å²) in [7, 11) is -1.25. The van der Waals surface area contributed by atoms with Crippen molar-refractivity contribution in [3.05, 3.63) is 120 Å². The molecule has 0 bridgehead atoms. The summed E-state index contributed by atoms with van der Waals surface area (Å²) in [6.07, 6.45) is 7.83. The number of rotatable bonds is 10. The number of allylic oxidation sites excluding steroid dienone is 1. The van der Waals surface area contributed by atoms with Crippen LogP contribution in [0.3, 0.4) is 0 Å². The summed E-state index contributed by atoms with van der Waals surface area (Å²) in [5.41, 5.74) is 5.04. The number of amides is 2. The van der Waals surface area contributed by atoms with Gasteiger partial charge in [-0.3, -0.25) is 14.5 Å². The van der Waals surface area contributed by atoms with Gasteiger partial charge in [0.15, 0.2) is 0 Å². The lowest BCUT2D eigenvalue weighted by atomic mass is 9.95. The van der Waals surface area contributed by atoms with E-state index in [9.17, 15) is 14.7 Å². The van der Waals surface area contributed by atoms with Gasteiger partial charge in [-0.25, -0.2) is 0 Å². The maximum atomic E-state index is 14.5. The van der Waals surface area contributed by atoms with Crippen molar-refractivity contribution in [1.29, 1.82) is 0 Å². The number of benzene rings is 3. The largest absolute Gasteiger partial charge is 0.389 e. The number of ether oxygens (including phenoxy) is 1. The maximum absolute atomic E-state index is 14.5. The molecule has 0 radical (unpaired) electrons. The van der Waals surface area contributed by atoms with Crippen LogP contribution in [0.5, 0.6) is 0 Å². The Morgan fingerprint density at radius 3 is 2.04 bits per heavy atom. The van der Waals surface area contributed by atoms with Crippen LogP contribution in [0.15, 0.2) is 103 Å². The van der Waals surface area contributed by atoms with Gasteiger partial charge in [-0.15, -0.1) is 0 Å². The van der Waals surface area contributed by atoms with E-state index in [2.05, 4.69) is 24.2 Å². The van der Waals surface area contributed by atoms with Crippen LogP contribution < -0.4 is 0 Å². The molecule has 7 nitrogen and oxygen atoms in total. The molecular formula is C38H39N3O4Si. The summed E-state index contributed by atoms with van der Waals surface area (Å²) < 4.78 is 10.3. The molecule has 46 heavy (non-hydrogen) atoms. The number of aliphatic hydroxyl groups excluding tert-OH is 1. The van der Waals surface area contributed by atoms with Crippen molar-refractivity contribution in [3.63, 3.8) is 0 Å². The number of carbonyl (C=O) groups is 2. The monoisotopic (exact) mass is 629 g/mol. The number of imide groups is 1. The van der Waals surface area contributed by atoms with E-state index in [1.807, 2.05) is 108 Å². The Balaban J connectivity index is 1.39. The highest BCUT2D eigenvalue weighted by molar-refractivity contribution is 6.76. The minimum Gasteiger partial charge on any atom is -0.389 e. The van der Waals surface area contributed by atoms with Gasteiger partial charge in [0.2, 0.25) is 0 Å². The van der Waals surface area contributed by atoms with Crippen molar-refractivity contribution in [2.45, 2.75) is 57.5 Å². The molecule has 2 amide bonds. The molecule has 3 heterocycles. The second-order valence-electron chi connectivity index (χ2n) is 13.5. The molecule has 1 aliphatic carbocycles. The first-order chi connectivity index (χ1) is 22.2. The van der Waals surface area contributed by atoms with E-state index in [4.69, 9.17) is 4.74 Å². The fraction of sp³-hybridized carbons (Fsp3) is 0.263. The first kappa shape index (κ1) is 30.2. The summed E-state index contributed by atoms with van der Waals surface area (Å²) in [4.78, 5) is 30.4. The molecule has 2 atom stereocenters. The van der Waals surface area contributed by atoms with Gasteiger partial charge in [0.25, 0.3) is 11.8 Å². The van der Waals surface area contributed by atoms with Crippen molar-refractivity contribution < 1.29 is 19.4 Å². The summed E-state index contributed by atoms with van der Waals surface area (Å²) in [6.45, 7) is 8.22. The van der Waals surface area contributed by atoms with Gasteiger partial charge < -0.3 is 19.0 Å². The molecule has 8 heteroatoms. The zero-order chi connectivity index (χ0) is 32.0. The summed E-state index contributed by atoms with van der Waals surface area (Å²) in [5, 5.41) is 12.1. The van der Waals surface area contributed by atoms with Crippen LogP contribution in [0, 0.1) is 0 Å². The average Bonchev–Trinajstić information content (AvgIpc) is 3.79. The highest BCUT2D eigenvalue weighted by Crippen LogP contribution is 2.43. The molecular weight excluding hydrogens is 591 g/mol. The molecule has 2 aromatic heterocycles. The number of fused-ring (bicyclic) bond motifs is 2. The van der Waals surface area contributed by atoms with E-state index in [0.29, 0.717) is 30.9 Å². The molecule has 3 aromatic carbocycles. The van der Waals surface area contributed by atoms with E-state index in [-0.39, 0.29) is 24.4 Å². The van der Waals surface area contributed by atoms with Gasteiger partial charge in [-0.2, -0.15) is 0 Å². The van der Waals surface area contributed by atoms with Crippen molar-refractivity contribution in [2.75, 3.05) is 6.61 Å². The maximum Gasteiger partial charge on any atom is 0.262 e. The third kappa shape index (κ3) is 5.57. The van der Waals surface area contributed by atoms with E-state index in [0.717, 1.165) is 44.5 Å². The Labute approximate surface area is 270 Å². The molecule has 0 spiro atoms. The number of aromatic nitrogens is 2. The summed E-state index contributed by atoms with van der Waals surface area (Å²) >= 11 is 0. The lowest BCUT2D eigenvalue weighted by molar-refractivity contribution is -0.136. The number of nitrogens with zero attached hydrogens (tertiary/aromatic N) is 3. The Morgan fingerprint density at radius 1 is 0.783 bits per heavy atom. The second kappa shape index (κ2) is 12.0. The van der Waals surface area contributed by atoms with E-state index >= 15 is 0 Å². The molecule has 1 N–H and O–H groups in total. The molecule has 0 unspecified atom stereocenters. The first-order valence-electron chi connectivity index (χ1n) is 16.0. The van der Waals surface area contributed by atoms with Crippen molar-refractivity contribution in [3.8, 4) is 0 Å². The predicted octanol–water partition coefficient (Wildman–Crippen LogP) is 7.25. The van der Waals surface area contributed by atoms with Crippen LogP contribution in [0.2, 0.25) is 25.7 Å². The van der Waals surface area contributed by atoms with Gasteiger partial charge in [-0.1, -0.05) is 98.5 Å². The van der Waals surface area contributed by atoms with Crippen LogP contribution in [0.1, 0.15) is 29.2 Å². The van der Waals surface area contributed by atoms with Gasteiger partial charge >= 0.3 is 0 Å². The van der Waals surface area contributed by atoms with Gasteiger partial charge in [0.05, 0.1) is 35.4 Å².